The number of aryl methyl sites for hydroxylation is 1. The number of hydrogen-bond acceptors (Lipinski definition) is 3. The second-order valence-corrected chi connectivity index (χ2v) is 5.52. The molecule has 1 rings (SSSR count). The average Bonchev–Trinajstić information content (AvgIpc) is 2.33. The van der Waals surface area contributed by atoms with E-state index in [1.807, 2.05) is 45.0 Å². The number of ether oxygens (including phenoxy) is 2. The van der Waals surface area contributed by atoms with Gasteiger partial charge in [-0.3, -0.25) is 4.21 Å². The van der Waals surface area contributed by atoms with Gasteiger partial charge < -0.3 is 9.47 Å². The summed E-state index contributed by atoms with van der Waals surface area (Å²) < 4.78 is 22.9. The molecule has 3 nitrogen and oxygen atoms in total. The van der Waals surface area contributed by atoms with Crippen LogP contribution in [0.2, 0.25) is 0 Å². The van der Waals surface area contributed by atoms with E-state index in [0.717, 1.165) is 5.56 Å². The molecule has 0 heterocycles. The zero-order valence-corrected chi connectivity index (χ0v) is 12.2. The number of benzene rings is 1. The third kappa shape index (κ3) is 5.29. The zero-order chi connectivity index (χ0) is 13.4. The Morgan fingerprint density at radius 2 is 1.78 bits per heavy atom. The minimum Gasteiger partial charge on any atom is -0.352 e. The van der Waals surface area contributed by atoms with Crippen LogP contribution >= 0.6 is 0 Å². The summed E-state index contributed by atoms with van der Waals surface area (Å²) in [7, 11) is -0.964. The van der Waals surface area contributed by atoms with Crippen molar-refractivity contribution in [3.05, 3.63) is 35.4 Å². The average molecular weight is 270 g/mol. The maximum absolute atomic E-state index is 12.1. The Labute approximate surface area is 112 Å². The fraction of sp³-hybridized carbons (Fsp3) is 0.571. The second kappa shape index (κ2) is 8.40. The van der Waals surface area contributed by atoms with Crippen molar-refractivity contribution in [2.45, 2.75) is 32.8 Å². The van der Waals surface area contributed by atoms with E-state index in [1.165, 1.54) is 5.56 Å². The summed E-state index contributed by atoms with van der Waals surface area (Å²) in [5.74, 6) is 0.985. The van der Waals surface area contributed by atoms with Gasteiger partial charge >= 0.3 is 0 Å². The van der Waals surface area contributed by atoms with Gasteiger partial charge in [0.2, 0.25) is 0 Å². The first-order valence-corrected chi connectivity index (χ1v) is 7.78. The molecule has 0 bridgehead atoms. The molecule has 0 spiro atoms. The van der Waals surface area contributed by atoms with Crippen LogP contribution in [0.1, 0.15) is 25.0 Å². The Bertz CT molecular complexity index is 373. The van der Waals surface area contributed by atoms with Crippen molar-refractivity contribution in [2.75, 3.05) is 19.0 Å². The highest BCUT2D eigenvalue weighted by molar-refractivity contribution is 7.84. The van der Waals surface area contributed by atoms with Gasteiger partial charge in [0.25, 0.3) is 0 Å². The minimum absolute atomic E-state index is 0.357. The molecule has 102 valence electrons. The lowest BCUT2D eigenvalue weighted by atomic mass is 10.1. The fourth-order valence-corrected chi connectivity index (χ4v) is 2.96. The van der Waals surface area contributed by atoms with Crippen LogP contribution in [0.15, 0.2) is 24.3 Å². The van der Waals surface area contributed by atoms with Crippen LogP contribution in [0, 0.1) is 6.92 Å². The first-order chi connectivity index (χ1) is 8.67. The topological polar surface area (TPSA) is 35.5 Å². The first-order valence-electron chi connectivity index (χ1n) is 6.30. The van der Waals surface area contributed by atoms with Gasteiger partial charge in [0.1, 0.15) is 0 Å². The predicted octanol–water partition coefficient (Wildman–Crippen LogP) is 2.64. The van der Waals surface area contributed by atoms with Crippen LogP contribution in [-0.2, 0) is 26.0 Å². The Morgan fingerprint density at radius 1 is 1.17 bits per heavy atom. The molecule has 18 heavy (non-hydrogen) atoms. The standard InChI is InChI=1S/C14H22O3S/c1-4-16-14(17-5-2)11-18(15)10-13-9-7-6-8-12(13)3/h6-9,14H,4-5,10-11H2,1-3H3. The monoisotopic (exact) mass is 270 g/mol. The maximum atomic E-state index is 12.1. The summed E-state index contributed by atoms with van der Waals surface area (Å²) in [5, 5.41) is 0. The highest BCUT2D eigenvalue weighted by Gasteiger charge is 2.13. The van der Waals surface area contributed by atoms with Crippen LogP contribution in [0.4, 0.5) is 0 Å². The Morgan fingerprint density at radius 3 is 2.33 bits per heavy atom. The molecule has 0 saturated carbocycles. The van der Waals surface area contributed by atoms with Gasteiger partial charge in [-0.2, -0.15) is 0 Å². The molecule has 1 aromatic carbocycles. The third-order valence-corrected chi connectivity index (χ3v) is 3.88. The normalized spacial score (nSPS) is 12.9. The van der Waals surface area contributed by atoms with E-state index in [2.05, 4.69) is 0 Å². The van der Waals surface area contributed by atoms with Crippen molar-refractivity contribution in [1.82, 2.24) is 0 Å². The van der Waals surface area contributed by atoms with Gasteiger partial charge in [-0.1, -0.05) is 24.3 Å². The Balaban J connectivity index is 2.52. The molecule has 0 aliphatic rings. The molecule has 0 amide bonds. The van der Waals surface area contributed by atoms with Crippen molar-refractivity contribution < 1.29 is 13.7 Å². The number of rotatable bonds is 8. The molecular weight excluding hydrogens is 248 g/mol. The van der Waals surface area contributed by atoms with E-state index in [-0.39, 0.29) is 6.29 Å². The molecule has 0 radical (unpaired) electrons. The summed E-state index contributed by atoms with van der Waals surface area (Å²) in [6.07, 6.45) is -0.357. The predicted molar refractivity (Wildman–Crippen MR) is 74.9 cm³/mol. The summed E-state index contributed by atoms with van der Waals surface area (Å²) >= 11 is 0. The molecular formula is C14H22O3S. The first kappa shape index (κ1) is 15.3. The Kier molecular flexibility index (Phi) is 7.16. The second-order valence-electron chi connectivity index (χ2n) is 4.02. The molecule has 0 saturated heterocycles. The van der Waals surface area contributed by atoms with Crippen molar-refractivity contribution in [3.63, 3.8) is 0 Å². The van der Waals surface area contributed by atoms with Crippen molar-refractivity contribution in [1.29, 1.82) is 0 Å². The van der Waals surface area contributed by atoms with Crippen LogP contribution in [0.5, 0.6) is 0 Å². The molecule has 0 aromatic heterocycles. The van der Waals surface area contributed by atoms with Gasteiger partial charge in [0, 0.05) is 29.8 Å². The highest BCUT2D eigenvalue weighted by Crippen LogP contribution is 2.11. The zero-order valence-electron chi connectivity index (χ0n) is 11.3. The van der Waals surface area contributed by atoms with E-state index in [4.69, 9.17) is 9.47 Å². The summed E-state index contributed by atoms with van der Waals surface area (Å²) in [6, 6.07) is 8.02. The van der Waals surface area contributed by atoms with Crippen LogP contribution in [0.25, 0.3) is 0 Å². The number of hydrogen-bond donors (Lipinski definition) is 0. The van der Waals surface area contributed by atoms with Gasteiger partial charge in [0.15, 0.2) is 6.29 Å². The largest absolute Gasteiger partial charge is 0.352 e. The van der Waals surface area contributed by atoms with Gasteiger partial charge in [0.05, 0.1) is 5.75 Å². The lowest BCUT2D eigenvalue weighted by Crippen LogP contribution is -2.25. The van der Waals surface area contributed by atoms with E-state index in [0.29, 0.717) is 24.7 Å². The third-order valence-electron chi connectivity index (χ3n) is 2.60. The van der Waals surface area contributed by atoms with Crippen molar-refractivity contribution in [2.24, 2.45) is 0 Å². The lowest BCUT2D eigenvalue weighted by Gasteiger charge is -2.16. The molecule has 0 aliphatic heterocycles. The quantitative estimate of drug-likeness (QED) is 0.681. The molecule has 1 aromatic rings. The fourth-order valence-electron chi connectivity index (χ4n) is 1.67. The van der Waals surface area contributed by atoms with Crippen LogP contribution in [-0.4, -0.2) is 29.5 Å². The lowest BCUT2D eigenvalue weighted by molar-refractivity contribution is -0.120. The van der Waals surface area contributed by atoms with Crippen molar-refractivity contribution in [3.8, 4) is 0 Å². The Hall–Kier alpha value is -0.710. The van der Waals surface area contributed by atoms with E-state index < -0.39 is 10.8 Å². The smallest absolute Gasteiger partial charge is 0.168 e. The minimum atomic E-state index is -0.964. The van der Waals surface area contributed by atoms with E-state index in [1.54, 1.807) is 0 Å². The summed E-state index contributed by atoms with van der Waals surface area (Å²) in [5.41, 5.74) is 2.30. The van der Waals surface area contributed by atoms with Crippen LogP contribution < -0.4 is 0 Å². The molecule has 1 unspecified atom stereocenters. The van der Waals surface area contributed by atoms with Gasteiger partial charge in [-0.25, -0.2) is 0 Å². The SMILES string of the molecule is CCOC(CS(=O)Cc1ccccc1C)OCC. The maximum Gasteiger partial charge on any atom is 0.168 e. The van der Waals surface area contributed by atoms with Gasteiger partial charge in [-0.05, 0) is 31.9 Å². The molecule has 4 heteroatoms. The summed E-state index contributed by atoms with van der Waals surface area (Å²) in [4.78, 5) is 0. The van der Waals surface area contributed by atoms with Gasteiger partial charge in [-0.15, -0.1) is 0 Å². The summed E-state index contributed by atoms with van der Waals surface area (Å²) in [6.45, 7) is 7.01. The molecule has 0 N–H and O–H groups in total. The van der Waals surface area contributed by atoms with Crippen LogP contribution in [0.3, 0.4) is 0 Å². The molecule has 0 aliphatic carbocycles. The van der Waals surface area contributed by atoms with E-state index >= 15 is 0 Å². The van der Waals surface area contributed by atoms with Crippen molar-refractivity contribution >= 4 is 10.8 Å². The highest BCUT2D eigenvalue weighted by atomic mass is 32.2. The molecule has 0 fully saturated rings. The molecule has 1 atom stereocenters. The van der Waals surface area contributed by atoms with E-state index in [9.17, 15) is 4.21 Å².